The summed E-state index contributed by atoms with van der Waals surface area (Å²) in [4.78, 5) is 17.0. The Morgan fingerprint density at radius 2 is 2.53 bits per heavy atom. The summed E-state index contributed by atoms with van der Waals surface area (Å²) in [5, 5.41) is 3.88. The molecular weight excluding hydrogens is 196 g/mol. The second kappa shape index (κ2) is 3.98. The van der Waals surface area contributed by atoms with Gasteiger partial charge >= 0.3 is 0 Å². The van der Waals surface area contributed by atoms with Gasteiger partial charge in [0.05, 0.1) is 12.6 Å². The van der Waals surface area contributed by atoms with Gasteiger partial charge in [0.15, 0.2) is 5.82 Å². The van der Waals surface area contributed by atoms with Gasteiger partial charge in [-0.1, -0.05) is 5.16 Å². The van der Waals surface area contributed by atoms with Crippen molar-refractivity contribution in [1.82, 2.24) is 15.0 Å². The van der Waals surface area contributed by atoms with Crippen molar-refractivity contribution in [3.63, 3.8) is 0 Å². The molecular formula is C9H14N4O2. The zero-order valence-corrected chi connectivity index (χ0v) is 8.64. The zero-order chi connectivity index (χ0) is 10.8. The Labute approximate surface area is 87.4 Å². The number of likely N-dealkylation sites (tertiary alicyclic amines) is 1. The van der Waals surface area contributed by atoms with E-state index >= 15 is 0 Å². The number of aromatic nitrogens is 2. The molecule has 1 aliphatic heterocycles. The molecule has 82 valence electrons. The minimum absolute atomic E-state index is 0.0787. The average Bonchev–Trinajstić information content (AvgIpc) is 2.72. The monoisotopic (exact) mass is 210 g/mol. The van der Waals surface area contributed by atoms with Crippen molar-refractivity contribution in [2.75, 3.05) is 13.1 Å². The lowest BCUT2D eigenvalue weighted by atomic mass is 10.2. The summed E-state index contributed by atoms with van der Waals surface area (Å²) in [6.45, 7) is 2.88. The molecule has 1 fully saturated rings. The Morgan fingerprint density at radius 3 is 3.13 bits per heavy atom. The first kappa shape index (κ1) is 10.1. The smallest absolute Gasteiger partial charge is 0.231 e. The maximum absolute atomic E-state index is 10.9. The Bertz CT molecular complexity index is 363. The molecule has 1 saturated heterocycles. The number of hydrogen-bond acceptors (Lipinski definition) is 5. The van der Waals surface area contributed by atoms with Gasteiger partial charge in [0.1, 0.15) is 0 Å². The number of nitrogens with zero attached hydrogens (tertiary/aromatic N) is 3. The van der Waals surface area contributed by atoms with Crippen LogP contribution in [0.1, 0.15) is 30.6 Å². The van der Waals surface area contributed by atoms with E-state index in [4.69, 9.17) is 10.3 Å². The van der Waals surface area contributed by atoms with Crippen LogP contribution in [0.2, 0.25) is 0 Å². The van der Waals surface area contributed by atoms with Crippen molar-refractivity contribution < 1.29 is 9.32 Å². The van der Waals surface area contributed by atoms with Crippen molar-refractivity contribution in [3.8, 4) is 0 Å². The van der Waals surface area contributed by atoms with Gasteiger partial charge in [-0.2, -0.15) is 4.98 Å². The maximum Gasteiger partial charge on any atom is 0.231 e. The number of primary amides is 1. The van der Waals surface area contributed by atoms with Crippen LogP contribution in [0.25, 0.3) is 0 Å². The van der Waals surface area contributed by atoms with E-state index in [1.807, 2.05) is 4.90 Å². The number of aryl methyl sites for hydroxylation is 1. The zero-order valence-electron chi connectivity index (χ0n) is 8.64. The highest BCUT2D eigenvalue weighted by Gasteiger charge is 2.30. The Kier molecular flexibility index (Phi) is 2.68. The van der Waals surface area contributed by atoms with Crippen LogP contribution >= 0.6 is 0 Å². The number of nitrogens with two attached hydrogens (primary N) is 1. The van der Waals surface area contributed by atoms with Gasteiger partial charge in [-0.05, 0) is 19.4 Å². The number of rotatable bonds is 3. The van der Waals surface area contributed by atoms with Crippen LogP contribution in [0.3, 0.4) is 0 Å². The highest BCUT2D eigenvalue weighted by molar-refractivity contribution is 5.76. The normalized spacial score (nSPS) is 22.1. The number of amides is 1. The minimum atomic E-state index is -0.317. The molecule has 0 radical (unpaired) electrons. The Balaban J connectivity index is 2.10. The van der Waals surface area contributed by atoms with Crippen molar-refractivity contribution in [2.24, 2.45) is 5.73 Å². The van der Waals surface area contributed by atoms with Gasteiger partial charge in [-0.15, -0.1) is 0 Å². The molecule has 1 amide bonds. The number of carbonyl (C=O) groups excluding carboxylic acids is 1. The van der Waals surface area contributed by atoms with Gasteiger partial charge in [0, 0.05) is 6.92 Å². The fourth-order valence-corrected chi connectivity index (χ4v) is 1.96. The van der Waals surface area contributed by atoms with Crippen LogP contribution < -0.4 is 5.73 Å². The second-order valence-electron chi connectivity index (χ2n) is 3.77. The average molecular weight is 210 g/mol. The molecule has 2 rings (SSSR count). The molecule has 1 aliphatic rings. The molecule has 0 aliphatic carbocycles. The molecule has 0 bridgehead atoms. The summed E-state index contributed by atoms with van der Waals surface area (Å²) < 4.78 is 4.93. The van der Waals surface area contributed by atoms with E-state index in [-0.39, 0.29) is 18.5 Å². The van der Waals surface area contributed by atoms with Crippen LogP contribution in [0.15, 0.2) is 4.52 Å². The highest BCUT2D eigenvalue weighted by atomic mass is 16.5. The predicted molar refractivity (Wildman–Crippen MR) is 51.8 cm³/mol. The van der Waals surface area contributed by atoms with Gasteiger partial charge in [-0.3, -0.25) is 9.69 Å². The minimum Gasteiger partial charge on any atom is -0.369 e. The fourth-order valence-electron chi connectivity index (χ4n) is 1.96. The second-order valence-corrected chi connectivity index (χ2v) is 3.77. The molecule has 1 aromatic rings. The predicted octanol–water partition coefficient (Wildman–Crippen LogP) is 0.000220. The summed E-state index contributed by atoms with van der Waals surface area (Å²) in [5.41, 5.74) is 5.17. The third kappa shape index (κ3) is 2.15. The first-order valence-corrected chi connectivity index (χ1v) is 4.99. The van der Waals surface area contributed by atoms with E-state index < -0.39 is 0 Å². The summed E-state index contributed by atoms with van der Waals surface area (Å²) in [6, 6.07) is 0.0787. The SMILES string of the molecule is Cc1nc(C2CCCN2CC(N)=O)no1. The van der Waals surface area contributed by atoms with Crippen LogP contribution in [-0.2, 0) is 4.79 Å². The van der Waals surface area contributed by atoms with Crippen LogP contribution in [0.4, 0.5) is 0 Å². The lowest BCUT2D eigenvalue weighted by Gasteiger charge is -2.19. The van der Waals surface area contributed by atoms with Gasteiger partial charge < -0.3 is 10.3 Å². The molecule has 15 heavy (non-hydrogen) atoms. The van der Waals surface area contributed by atoms with Crippen molar-refractivity contribution in [3.05, 3.63) is 11.7 Å². The van der Waals surface area contributed by atoms with Crippen molar-refractivity contribution >= 4 is 5.91 Å². The number of hydrogen-bond donors (Lipinski definition) is 1. The van der Waals surface area contributed by atoms with Gasteiger partial charge in [-0.25, -0.2) is 0 Å². The van der Waals surface area contributed by atoms with Crippen LogP contribution in [0.5, 0.6) is 0 Å². The van der Waals surface area contributed by atoms with E-state index in [0.29, 0.717) is 11.7 Å². The van der Waals surface area contributed by atoms with Gasteiger partial charge in [0.25, 0.3) is 0 Å². The molecule has 0 aromatic carbocycles. The molecule has 1 atom stereocenters. The summed E-state index contributed by atoms with van der Waals surface area (Å²) in [6.07, 6.45) is 1.98. The summed E-state index contributed by atoms with van der Waals surface area (Å²) >= 11 is 0. The number of carbonyl (C=O) groups is 1. The fraction of sp³-hybridized carbons (Fsp3) is 0.667. The standard InChI is InChI=1S/C9H14N4O2/c1-6-11-9(12-15-6)7-3-2-4-13(7)5-8(10)14/h7H,2-5H2,1H3,(H2,10,14). The third-order valence-electron chi connectivity index (χ3n) is 2.56. The maximum atomic E-state index is 10.9. The molecule has 0 spiro atoms. The summed E-state index contributed by atoms with van der Waals surface area (Å²) in [5.74, 6) is 0.893. The van der Waals surface area contributed by atoms with E-state index in [2.05, 4.69) is 10.1 Å². The molecule has 1 unspecified atom stereocenters. The molecule has 2 N–H and O–H groups in total. The van der Waals surface area contributed by atoms with Crippen LogP contribution in [-0.4, -0.2) is 34.0 Å². The first-order chi connectivity index (χ1) is 7.16. The Hall–Kier alpha value is -1.43. The lowest BCUT2D eigenvalue weighted by molar-refractivity contribution is -0.119. The lowest BCUT2D eigenvalue weighted by Crippen LogP contribution is -2.33. The van der Waals surface area contributed by atoms with Crippen molar-refractivity contribution in [2.45, 2.75) is 25.8 Å². The summed E-state index contributed by atoms with van der Waals surface area (Å²) in [7, 11) is 0. The first-order valence-electron chi connectivity index (χ1n) is 4.99. The molecule has 1 aromatic heterocycles. The quantitative estimate of drug-likeness (QED) is 0.759. The van der Waals surface area contributed by atoms with E-state index in [0.717, 1.165) is 19.4 Å². The largest absolute Gasteiger partial charge is 0.369 e. The van der Waals surface area contributed by atoms with Gasteiger partial charge in [0.2, 0.25) is 11.8 Å². The molecule has 6 heteroatoms. The van der Waals surface area contributed by atoms with E-state index in [9.17, 15) is 4.79 Å². The third-order valence-corrected chi connectivity index (χ3v) is 2.56. The van der Waals surface area contributed by atoms with Crippen LogP contribution in [0, 0.1) is 6.92 Å². The topological polar surface area (TPSA) is 85.3 Å². The van der Waals surface area contributed by atoms with Crippen molar-refractivity contribution in [1.29, 1.82) is 0 Å². The van der Waals surface area contributed by atoms with E-state index in [1.165, 1.54) is 0 Å². The molecule has 0 saturated carbocycles. The highest BCUT2D eigenvalue weighted by Crippen LogP contribution is 2.29. The van der Waals surface area contributed by atoms with E-state index in [1.54, 1.807) is 6.92 Å². The Morgan fingerprint density at radius 1 is 1.73 bits per heavy atom. The molecule has 2 heterocycles. The molecule has 6 nitrogen and oxygen atoms in total.